The van der Waals surface area contributed by atoms with E-state index in [9.17, 15) is 43.5 Å². The number of halogens is 4. The molecule has 0 saturated carbocycles. The van der Waals surface area contributed by atoms with E-state index in [0.717, 1.165) is 11.1 Å². The number of rotatable bonds is 23. The molecule has 23 nitrogen and oxygen atoms in total. The number of urea groups is 1. The molecule has 0 unspecified atom stereocenters. The minimum atomic E-state index is -1.91. The molecule has 2 aromatic carbocycles. The minimum absolute atomic E-state index is 0.0436. The molecule has 0 spiro atoms. The van der Waals surface area contributed by atoms with Gasteiger partial charge in [0.05, 0.1) is 41.9 Å². The summed E-state index contributed by atoms with van der Waals surface area (Å²) in [6.45, 7) is 9.34. The largest absolute Gasteiger partial charge is 0.495 e. The number of unbranched alkanes of at least 4 members (excludes halogenated alkanes) is 2. The number of nitrogens with one attached hydrogen (secondary N) is 7. The molecular weight excluding hydrogens is 1250 g/mol. The Balaban J connectivity index is 1.31. The van der Waals surface area contributed by atoms with Crippen LogP contribution in [0, 0.1) is 17.8 Å². The Kier molecular flexibility index (Phi) is 25.8. The van der Waals surface area contributed by atoms with Crippen LogP contribution >= 0.6 is 55.1 Å². The number of alkyl halides is 2. The van der Waals surface area contributed by atoms with Crippen molar-refractivity contribution in [3.8, 4) is 5.75 Å². The van der Waals surface area contributed by atoms with Gasteiger partial charge in [-0.3, -0.25) is 34.6 Å². The van der Waals surface area contributed by atoms with E-state index in [1.54, 1.807) is 52.0 Å². The molecule has 5 rings (SSSR count). The molecule has 2 aromatic rings. The predicted octanol–water partition coefficient (Wildman–Crippen LogP) is 7.12. The van der Waals surface area contributed by atoms with Crippen molar-refractivity contribution in [2.75, 3.05) is 60.6 Å². The average Bonchev–Trinajstić information content (AvgIpc) is 1.91. The quantitative estimate of drug-likeness (QED) is 0.0304. The van der Waals surface area contributed by atoms with E-state index >= 15 is 0 Å². The fourth-order valence-corrected chi connectivity index (χ4v) is 12.0. The fourth-order valence-electron chi connectivity index (χ4n) is 9.75. The number of anilines is 3. The van der Waals surface area contributed by atoms with Gasteiger partial charge in [-0.1, -0.05) is 106 Å². The van der Waals surface area contributed by atoms with Crippen LogP contribution in [0.25, 0.3) is 0 Å². The van der Waals surface area contributed by atoms with Crippen LogP contribution < -0.4 is 52.6 Å². The molecule has 458 valence electrons. The number of alkyl carbamates (subject to hydrolysis) is 1. The summed E-state index contributed by atoms with van der Waals surface area (Å²) in [5, 5.41) is 31.8. The molecule has 4 bridgehead atoms. The fraction of sp³-hybridized carbons (Fsp3) is 0.571. The van der Waals surface area contributed by atoms with Gasteiger partial charge >= 0.3 is 18.2 Å². The van der Waals surface area contributed by atoms with Gasteiger partial charge < -0.3 is 66.0 Å². The van der Waals surface area contributed by atoms with Crippen molar-refractivity contribution < 1.29 is 67.1 Å². The van der Waals surface area contributed by atoms with Crippen LogP contribution in [0.1, 0.15) is 91.5 Å². The van der Waals surface area contributed by atoms with Crippen molar-refractivity contribution >= 4 is 120 Å². The Morgan fingerprint density at radius 2 is 1.66 bits per heavy atom. The number of nitrogens with two attached hydrogens (primary N) is 1. The summed E-state index contributed by atoms with van der Waals surface area (Å²) in [6, 6.07) is 4.74. The second kappa shape index (κ2) is 31.4. The summed E-state index contributed by atoms with van der Waals surface area (Å²) in [4.78, 5) is 107. The Hall–Kier alpha value is -5.70. The number of ether oxygens (including phenoxy) is 5. The molecule has 3 aliphatic rings. The maximum absolute atomic E-state index is 14.4. The van der Waals surface area contributed by atoms with Gasteiger partial charge in [0.2, 0.25) is 29.5 Å². The monoisotopic (exact) mass is 1330 g/mol. The topological polar surface area (TPSA) is 320 Å². The normalized spacial score (nSPS) is 24.3. The van der Waals surface area contributed by atoms with Gasteiger partial charge in [0.1, 0.15) is 46.8 Å². The lowest BCUT2D eigenvalue weighted by Gasteiger charge is -2.42. The molecule has 3 heterocycles. The molecule has 9 amide bonds. The highest BCUT2D eigenvalue weighted by atomic mass is 79.9. The second-order valence-corrected chi connectivity index (χ2v) is 23.5. The van der Waals surface area contributed by atoms with Crippen molar-refractivity contribution in [3.63, 3.8) is 0 Å². The van der Waals surface area contributed by atoms with Crippen LogP contribution in [0.15, 0.2) is 54.1 Å². The summed E-state index contributed by atoms with van der Waals surface area (Å²) < 4.78 is 29.3. The number of hydrogen-bond acceptors (Lipinski definition) is 14. The maximum Gasteiger partial charge on any atom is 0.412 e. The van der Waals surface area contributed by atoms with E-state index in [1.807, 2.05) is 13.0 Å². The number of allylic oxidation sites excluding steroid dienone is 3. The summed E-state index contributed by atoms with van der Waals surface area (Å²) in [5.41, 5.74) is 4.14. The number of methoxy groups -OCH3 is 2. The third kappa shape index (κ3) is 19.2. The standard InChI is InChI=1S/C56H77Br2Cl2N9O14/c1-30(2)47(67-44(70)17-10-9-11-20-62-49(72)34(28-57)29-58)51(74)65-38(15-13-21-63-52(61)75)50(73)64-35-18-19-37(36(59)25-35)66-53(76)82-43-26-45(71)69(6)39-23-33(24-40(79-7)46(39)60)22-31(3)14-12-16-42(80-8)56(78)27-41(81-54(77)68-56)32(4)48-55(43,5)83-48/h12,14,16,18-19,23-25,30,32,34,38,41-43,47-48,78H,9-11,13,15,17,20-22,26-29H2,1-8H3,(H,62,72)(H,64,73)(H,65,74)(H,66,76)(H,67,70)(H,68,77)(H3,61,63,75)/b16-12+,31-14+/t32-,38+,41+,42-,43+,47+,48+,55+,56+/m1/s1. The van der Waals surface area contributed by atoms with Crippen LogP contribution in [-0.4, -0.2) is 146 Å². The second-order valence-electron chi connectivity index (χ2n) is 21.4. The van der Waals surface area contributed by atoms with E-state index in [4.69, 9.17) is 52.6 Å². The minimum Gasteiger partial charge on any atom is -0.495 e. The highest BCUT2D eigenvalue weighted by Gasteiger charge is 2.64. The van der Waals surface area contributed by atoms with E-state index in [2.05, 4.69) is 69.1 Å². The first-order valence-corrected chi connectivity index (χ1v) is 30.3. The van der Waals surface area contributed by atoms with Gasteiger partial charge in [-0.25, -0.2) is 14.4 Å². The molecule has 0 radical (unpaired) electrons. The van der Waals surface area contributed by atoms with E-state index < -0.39 is 96.1 Å². The van der Waals surface area contributed by atoms with Crippen LogP contribution in [0.2, 0.25) is 10.0 Å². The third-order valence-electron chi connectivity index (χ3n) is 14.7. The maximum atomic E-state index is 14.4. The summed E-state index contributed by atoms with van der Waals surface area (Å²) in [6.07, 6.45) is 1.27. The Bertz CT molecular complexity index is 2740. The molecule has 0 aromatic heterocycles. The number of aliphatic hydroxyl groups is 1. The smallest absolute Gasteiger partial charge is 0.412 e. The molecule has 10 N–H and O–H groups in total. The summed E-state index contributed by atoms with van der Waals surface area (Å²) >= 11 is 20.2. The Labute approximate surface area is 510 Å². The zero-order chi connectivity index (χ0) is 61.3. The first kappa shape index (κ1) is 68.1. The lowest BCUT2D eigenvalue weighted by atomic mass is 9.83. The number of carbonyl (C=O) groups excluding carboxylic acids is 8. The van der Waals surface area contributed by atoms with Crippen LogP contribution in [0.3, 0.4) is 0 Å². The van der Waals surface area contributed by atoms with Crippen molar-refractivity contribution in [2.24, 2.45) is 23.5 Å². The van der Waals surface area contributed by atoms with Crippen LogP contribution in [0.4, 0.5) is 31.4 Å². The van der Waals surface area contributed by atoms with Gasteiger partial charge in [-0.05, 0) is 87.8 Å². The van der Waals surface area contributed by atoms with E-state index in [1.165, 1.54) is 44.4 Å². The third-order valence-corrected chi connectivity index (χ3v) is 16.9. The summed E-state index contributed by atoms with van der Waals surface area (Å²) in [7, 11) is 4.38. The molecule has 2 saturated heterocycles. The molecule has 3 aliphatic heterocycles. The first-order valence-electron chi connectivity index (χ1n) is 27.3. The van der Waals surface area contributed by atoms with Gasteiger partial charge in [0.15, 0.2) is 5.72 Å². The number of fused-ring (bicyclic) bond motifs is 5. The van der Waals surface area contributed by atoms with Crippen molar-refractivity contribution in [3.05, 3.63) is 69.7 Å². The van der Waals surface area contributed by atoms with Gasteiger partial charge in [0.25, 0.3) is 0 Å². The lowest BCUT2D eigenvalue weighted by Crippen LogP contribution is -2.63. The predicted molar refractivity (Wildman–Crippen MR) is 321 cm³/mol. The molecular formula is C56H77Br2Cl2N9O14. The zero-order valence-electron chi connectivity index (χ0n) is 47.8. The molecule has 2 fully saturated rings. The van der Waals surface area contributed by atoms with Gasteiger partial charge in [0, 0.05) is 62.4 Å². The van der Waals surface area contributed by atoms with Crippen molar-refractivity contribution in [2.45, 2.75) is 140 Å². The molecule has 0 aliphatic carbocycles. The van der Waals surface area contributed by atoms with Crippen molar-refractivity contribution in [1.82, 2.24) is 26.6 Å². The number of hydrogen-bond donors (Lipinski definition) is 9. The van der Waals surface area contributed by atoms with Crippen LogP contribution in [-0.2, 0) is 49.3 Å². The number of carbonyl (C=O) groups is 8. The SMILES string of the molecule is COc1cc2cc(c1Cl)N(C)C(=O)C[C@H](OC(=O)Nc1ccc(NC(=O)[C@H](CCCNC(N)=O)NC(=O)[C@@H](NC(=O)CCCCCNC(=O)C(CBr)CBr)C(C)C)cc1Cl)[C@]1(C)O[C@H]1[C@H](C)[C@@H]1C[C@@](O)(NC(=O)O1)[C@H](OC)/C=C/C=C(\C)C2. The van der Waals surface area contributed by atoms with E-state index in [-0.39, 0.29) is 77.3 Å². The summed E-state index contributed by atoms with van der Waals surface area (Å²) in [5.74, 6) is -3.13. The molecule has 83 heavy (non-hydrogen) atoms. The van der Waals surface area contributed by atoms with Gasteiger partial charge in [-0.2, -0.15) is 0 Å². The Morgan fingerprint density at radius 1 is 0.952 bits per heavy atom. The van der Waals surface area contributed by atoms with Gasteiger partial charge in [-0.15, -0.1) is 0 Å². The number of benzene rings is 2. The van der Waals surface area contributed by atoms with E-state index in [0.29, 0.717) is 54.3 Å². The Morgan fingerprint density at radius 3 is 2.31 bits per heavy atom. The molecule has 9 atom stereocenters. The van der Waals surface area contributed by atoms with Crippen LogP contribution in [0.5, 0.6) is 5.75 Å². The average molecular weight is 1330 g/mol. The number of primary amides is 1. The first-order chi connectivity index (χ1) is 39.3. The highest BCUT2D eigenvalue weighted by molar-refractivity contribution is 9.09. The van der Waals surface area contributed by atoms with Crippen molar-refractivity contribution in [1.29, 1.82) is 0 Å². The number of epoxide rings is 1. The number of nitrogens with zero attached hydrogens (tertiary/aromatic N) is 1. The highest BCUT2D eigenvalue weighted by Crippen LogP contribution is 2.49. The molecule has 27 heteroatoms. The lowest BCUT2D eigenvalue weighted by molar-refractivity contribution is -0.142. The zero-order valence-corrected chi connectivity index (χ0v) is 52.5. The number of amides is 9.